The molecule has 74 valence electrons. The standard InChI is InChI=1S/C10H17NO2/c1-10(2)5-3-6(9(12)13)8(11)7(10)4-5/h5-8H,3-4,11H2,1-2H3,(H,12,13)/t5?,6-,7+,8+/m1/s1. The van der Waals surface area contributed by atoms with E-state index in [4.69, 9.17) is 10.8 Å². The maximum absolute atomic E-state index is 10.9. The summed E-state index contributed by atoms with van der Waals surface area (Å²) in [7, 11) is 0. The van der Waals surface area contributed by atoms with Crippen molar-refractivity contribution >= 4 is 5.97 Å². The third-order valence-corrected chi connectivity index (χ3v) is 4.33. The van der Waals surface area contributed by atoms with E-state index in [-0.39, 0.29) is 17.4 Å². The highest BCUT2D eigenvalue weighted by Crippen LogP contribution is 2.60. The molecule has 1 unspecified atom stereocenters. The molecule has 0 aromatic heterocycles. The number of carboxylic acid groups (broad SMARTS) is 1. The lowest BCUT2D eigenvalue weighted by Crippen LogP contribution is -2.62. The average Bonchev–Trinajstić information content (AvgIpc) is 2.02. The van der Waals surface area contributed by atoms with E-state index in [9.17, 15) is 4.79 Å². The summed E-state index contributed by atoms with van der Waals surface area (Å²) in [4.78, 5) is 10.9. The number of rotatable bonds is 1. The molecule has 3 aliphatic rings. The van der Waals surface area contributed by atoms with Crippen LogP contribution in [0.1, 0.15) is 26.7 Å². The van der Waals surface area contributed by atoms with Gasteiger partial charge >= 0.3 is 5.97 Å². The van der Waals surface area contributed by atoms with Crippen molar-refractivity contribution < 1.29 is 9.90 Å². The van der Waals surface area contributed by atoms with Gasteiger partial charge in [0.15, 0.2) is 0 Å². The summed E-state index contributed by atoms with van der Waals surface area (Å²) in [5.74, 6) is 0.000208. The third kappa shape index (κ3) is 1.03. The molecule has 0 heterocycles. The van der Waals surface area contributed by atoms with Crippen molar-refractivity contribution in [2.45, 2.75) is 32.7 Å². The SMILES string of the molecule is CC1(C)C2C[C@@H](C(=O)O)[C@H](N)[C@@H]1C2. The zero-order valence-corrected chi connectivity index (χ0v) is 8.16. The summed E-state index contributed by atoms with van der Waals surface area (Å²) < 4.78 is 0. The van der Waals surface area contributed by atoms with Crippen LogP contribution in [0, 0.1) is 23.2 Å². The van der Waals surface area contributed by atoms with Gasteiger partial charge in [-0.05, 0) is 30.1 Å². The fourth-order valence-electron chi connectivity index (χ4n) is 3.12. The maximum Gasteiger partial charge on any atom is 0.308 e. The van der Waals surface area contributed by atoms with Crippen molar-refractivity contribution in [3.63, 3.8) is 0 Å². The number of hydrogen-bond donors (Lipinski definition) is 2. The normalized spacial score (nSPS) is 46.7. The molecule has 2 bridgehead atoms. The van der Waals surface area contributed by atoms with E-state index in [2.05, 4.69) is 13.8 Å². The predicted molar refractivity (Wildman–Crippen MR) is 49.1 cm³/mol. The van der Waals surface area contributed by atoms with Crippen LogP contribution in [0.2, 0.25) is 0 Å². The van der Waals surface area contributed by atoms with Gasteiger partial charge in [0.2, 0.25) is 0 Å². The maximum atomic E-state index is 10.9. The molecular formula is C10H17NO2. The van der Waals surface area contributed by atoms with Gasteiger partial charge in [0, 0.05) is 6.04 Å². The molecular weight excluding hydrogens is 166 g/mol. The van der Waals surface area contributed by atoms with Crippen LogP contribution in [0.4, 0.5) is 0 Å². The molecule has 3 fully saturated rings. The van der Waals surface area contributed by atoms with Crippen LogP contribution in [-0.2, 0) is 4.79 Å². The second kappa shape index (κ2) is 2.47. The lowest BCUT2D eigenvalue weighted by Gasteiger charge is -2.60. The van der Waals surface area contributed by atoms with Crippen molar-refractivity contribution in [3.05, 3.63) is 0 Å². The molecule has 3 nitrogen and oxygen atoms in total. The molecule has 3 N–H and O–H groups in total. The van der Waals surface area contributed by atoms with E-state index in [1.54, 1.807) is 0 Å². The van der Waals surface area contributed by atoms with Crippen LogP contribution in [0.3, 0.4) is 0 Å². The van der Waals surface area contributed by atoms with E-state index in [0.717, 1.165) is 12.8 Å². The third-order valence-electron chi connectivity index (χ3n) is 4.33. The van der Waals surface area contributed by atoms with Crippen molar-refractivity contribution in [1.82, 2.24) is 0 Å². The van der Waals surface area contributed by atoms with Crippen LogP contribution >= 0.6 is 0 Å². The molecule has 3 rings (SSSR count). The minimum Gasteiger partial charge on any atom is -0.481 e. The number of hydrogen-bond acceptors (Lipinski definition) is 2. The van der Waals surface area contributed by atoms with Gasteiger partial charge in [0.25, 0.3) is 0 Å². The van der Waals surface area contributed by atoms with E-state index in [1.807, 2.05) is 0 Å². The first-order valence-electron chi connectivity index (χ1n) is 4.93. The molecule has 0 spiro atoms. The topological polar surface area (TPSA) is 63.3 Å². The quantitative estimate of drug-likeness (QED) is 0.639. The summed E-state index contributed by atoms with van der Waals surface area (Å²) in [6.07, 6.45) is 1.91. The Balaban J connectivity index is 2.16. The highest BCUT2D eigenvalue weighted by molar-refractivity contribution is 5.71. The largest absolute Gasteiger partial charge is 0.481 e. The monoisotopic (exact) mass is 183 g/mol. The first-order valence-corrected chi connectivity index (χ1v) is 4.93. The second-order valence-electron chi connectivity index (χ2n) is 5.12. The number of fused-ring (bicyclic) bond motifs is 2. The van der Waals surface area contributed by atoms with E-state index in [1.165, 1.54) is 0 Å². The van der Waals surface area contributed by atoms with Crippen LogP contribution in [0.15, 0.2) is 0 Å². The van der Waals surface area contributed by atoms with Gasteiger partial charge < -0.3 is 10.8 Å². The summed E-state index contributed by atoms with van der Waals surface area (Å²) in [6, 6.07) is -0.127. The molecule has 3 aliphatic carbocycles. The zero-order chi connectivity index (χ0) is 9.80. The summed E-state index contributed by atoms with van der Waals surface area (Å²) >= 11 is 0. The van der Waals surface area contributed by atoms with Gasteiger partial charge in [-0.2, -0.15) is 0 Å². The molecule has 0 aromatic rings. The fraction of sp³-hybridized carbons (Fsp3) is 0.900. The molecule has 4 atom stereocenters. The molecule has 0 saturated heterocycles. The second-order valence-corrected chi connectivity index (χ2v) is 5.12. The van der Waals surface area contributed by atoms with Gasteiger partial charge in [-0.15, -0.1) is 0 Å². The Morgan fingerprint density at radius 1 is 1.46 bits per heavy atom. The van der Waals surface area contributed by atoms with E-state index < -0.39 is 5.97 Å². The summed E-state index contributed by atoms with van der Waals surface area (Å²) in [5.41, 5.74) is 6.24. The Labute approximate surface area is 78.3 Å². The number of aliphatic carboxylic acids is 1. The summed E-state index contributed by atoms with van der Waals surface area (Å²) in [6.45, 7) is 4.42. The first kappa shape index (κ1) is 9.00. The Morgan fingerprint density at radius 3 is 2.46 bits per heavy atom. The molecule has 0 radical (unpaired) electrons. The van der Waals surface area contributed by atoms with E-state index in [0.29, 0.717) is 11.8 Å². The highest BCUT2D eigenvalue weighted by atomic mass is 16.4. The van der Waals surface area contributed by atoms with Crippen LogP contribution in [-0.4, -0.2) is 17.1 Å². The Bertz CT molecular complexity index is 249. The molecule has 3 heteroatoms. The van der Waals surface area contributed by atoms with Crippen molar-refractivity contribution in [3.8, 4) is 0 Å². The minimum atomic E-state index is -0.710. The zero-order valence-electron chi connectivity index (χ0n) is 8.16. The van der Waals surface area contributed by atoms with Crippen molar-refractivity contribution in [2.24, 2.45) is 28.9 Å². The van der Waals surface area contributed by atoms with Gasteiger partial charge in [0.1, 0.15) is 0 Å². The summed E-state index contributed by atoms with van der Waals surface area (Å²) in [5, 5.41) is 8.94. The van der Waals surface area contributed by atoms with Gasteiger partial charge in [-0.25, -0.2) is 0 Å². The Hall–Kier alpha value is -0.570. The molecule has 0 aromatic carbocycles. The smallest absolute Gasteiger partial charge is 0.308 e. The average molecular weight is 183 g/mol. The Morgan fingerprint density at radius 2 is 2.08 bits per heavy atom. The van der Waals surface area contributed by atoms with Gasteiger partial charge in [0.05, 0.1) is 5.92 Å². The van der Waals surface area contributed by atoms with Gasteiger partial charge in [-0.1, -0.05) is 13.8 Å². The lowest BCUT2D eigenvalue weighted by molar-refractivity contribution is -0.159. The van der Waals surface area contributed by atoms with E-state index >= 15 is 0 Å². The number of carboxylic acids is 1. The predicted octanol–water partition coefficient (Wildman–Crippen LogP) is 1.08. The molecule has 3 saturated carbocycles. The van der Waals surface area contributed by atoms with Crippen LogP contribution < -0.4 is 5.73 Å². The lowest BCUT2D eigenvalue weighted by atomic mass is 9.45. The van der Waals surface area contributed by atoms with Gasteiger partial charge in [-0.3, -0.25) is 4.79 Å². The molecule has 0 amide bonds. The Kier molecular flexibility index (Phi) is 1.71. The number of carbonyl (C=O) groups is 1. The van der Waals surface area contributed by atoms with Crippen molar-refractivity contribution in [2.75, 3.05) is 0 Å². The first-order chi connectivity index (χ1) is 5.94. The van der Waals surface area contributed by atoms with Crippen LogP contribution in [0.25, 0.3) is 0 Å². The minimum absolute atomic E-state index is 0.127. The van der Waals surface area contributed by atoms with Crippen LogP contribution in [0.5, 0.6) is 0 Å². The van der Waals surface area contributed by atoms with Crippen molar-refractivity contribution in [1.29, 1.82) is 0 Å². The highest BCUT2D eigenvalue weighted by Gasteiger charge is 2.58. The fourth-order valence-corrected chi connectivity index (χ4v) is 3.12. The molecule has 0 aliphatic heterocycles. The molecule has 13 heavy (non-hydrogen) atoms. The number of nitrogens with two attached hydrogens (primary N) is 1.